The molecule has 204 valence electrons. The van der Waals surface area contributed by atoms with Crippen LogP contribution in [0.2, 0.25) is 0 Å². The van der Waals surface area contributed by atoms with Gasteiger partial charge in [-0.15, -0.1) is 13.2 Å². The number of nitrogens with zero attached hydrogens (tertiary/aromatic N) is 3. The SMILES string of the molecule is CN(C)C(=O)C(=O)NC12CCC(CC1)Cn1c2nc(C(=O)NCc2cccc(OC(F)(F)F)c2)c(O)c1=O. The molecule has 38 heavy (non-hydrogen) atoms. The Hall–Kier alpha value is -4.10. The smallest absolute Gasteiger partial charge is 0.501 e. The number of fused-ring (bicyclic) bond motifs is 2. The van der Waals surface area contributed by atoms with E-state index in [0.29, 0.717) is 25.7 Å². The van der Waals surface area contributed by atoms with E-state index in [0.717, 1.165) is 17.0 Å². The predicted octanol–water partition coefficient (Wildman–Crippen LogP) is 1.38. The summed E-state index contributed by atoms with van der Waals surface area (Å²) < 4.78 is 42.6. The minimum atomic E-state index is -4.89. The first kappa shape index (κ1) is 26.9. The van der Waals surface area contributed by atoms with E-state index in [1.54, 1.807) is 0 Å². The maximum Gasteiger partial charge on any atom is 0.573 e. The number of aromatic nitrogens is 2. The summed E-state index contributed by atoms with van der Waals surface area (Å²) in [6.45, 7) is -0.0312. The van der Waals surface area contributed by atoms with Crippen LogP contribution in [0.15, 0.2) is 29.1 Å². The number of hydrogen-bond donors (Lipinski definition) is 3. The molecule has 0 unspecified atom stereocenters. The standard InChI is InChI=1S/C24H26F3N5O6/c1-31(2)21(37)19(35)30-23-8-6-13(7-9-23)12-32-20(36)17(33)16(29-22(23)32)18(34)28-11-14-4-3-5-15(10-14)38-24(25,26)27/h3-5,10,13,33H,6-9,11-12H2,1-2H3,(H,28,34)(H,30,35). The Morgan fingerprint density at radius 1 is 1.24 bits per heavy atom. The average Bonchev–Trinajstić information content (AvgIpc) is 3.09. The first-order chi connectivity index (χ1) is 17.8. The zero-order valence-corrected chi connectivity index (χ0v) is 20.6. The average molecular weight is 537 g/mol. The second kappa shape index (κ2) is 9.99. The van der Waals surface area contributed by atoms with Gasteiger partial charge in [-0.2, -0.15) is 0 Å². The van der Waals surface area contributed by atoms with Crippen molar-refractivity contribution in [2.75, 3.05) is 14.1 Å². The number of nitrogens with one attached hydrogen (secondary N) is 2. The number of benzene rings is 1. The van der Waals surface area contributed by atoms with Crippen LogP contribution in [0.25, 0.3) is 0 Å². The van der Waals surface area contributed by atoms with Gasteiger partial charge in [0.15, 0.2) is 5.69 Å². The van der Waals surface area contributed by atoms with Crippen molar-refractivity contribution in [3.63, 3.8) is 0 Å². The van der Waals surface area contributed by atoms with Crippen molar-refractivity contribution in [2.45, 2.75) is 50.7 Å². The summed E-state index contributed by atoms with van der Waals surface area (Å²) in [5.41, 5.74) is -2.41. The quantitative estimate of drug-likeness (QED) is 0.489. The molecule has 14 heteroatoms. The third-order valence-corrected chi connectivity index (χ3v) is 6.73. The number of hydrogen-bond acceptors (Lipinski definition) is 7. The van der Waals surface area contributed by atoms with Crippen LogP contribution in [0.4, 0.5) is 13.2 Å². The third kappa shape index (κ3) is 5.43. The van der Waals surface area contributed by atoms with Crippen LogP contribution in [0, 0.1) is 5.92 Å². The molecule has 3 aliphatic rings. The van der Waals surface area contributed by atoms with Gasteiger partial charge in [-0.3, -0.25) is 23.7 Å². The molecule has 0 atom stereocenters. The molecule has 5 rings (SSSR count). The first-order valence-electron chi connectivity index (χ1n) is 11.8. The van der Waals surface area contributed by atoms with Gasteiger partial charge in [0.2, 0.25) is 5.75 Å². The number of amides is 3. The maximum absolute atomic E-state index is 13.1. The van der Waals surface area contributed by atoms with Crippen molar-refractivity contribution >= 4 is 17.7 Å². The highest BCUT2D eigenvalue weighted by Gasteiger charge is 2.46. The first-order valence-corrected chi connectivity index (χ1v) is 11.8. The molecule has 3 amide bonds. The minimum absolute atomic E-state index is 0.0610. The topological polar surface area (TPSA) is 143 Å². The van der Waals surface area contributed by atoms with Crippen molar-refractivity contribution in [3.05, 3.63) is 51.7 Å². The van der Waals surface area contributed by atoms with Crippen LogP contribution in [0.3, 0.4) is 0 Å². The molecule has 1 aromatic heterocycles. The molecular weight excluding hydrogens is 511 g/mol. The molecule has 2 aromatic rings. The number of ether oxygens (including phenoxy) is 1. The van der Waals surface area contributed by atoms with Gasteiger partial charge in [-0.1, -0.05) is 12.1 Å². The second-order valence-corrected chi connectivity index (χ2v) is 9.61. The maximum atomic E-state index is 13.1. The van der Waals surface area contributed by atoms with Crippen LogP contribution >= 0.6 is 0 Å². The molecule has 3 heterocycles. The van der Waals surface area contributed by atoms with Crippen molar-refractivity contribution in [2.24, 2.45) is 5.92 Å². The molecule has 1 aliphatic carbocycles. The molecule has 0 spiro atoms. The van der Waals surface area contributed by atoms with E-state index in [2.05, 4.69) is 20.4 Å². The Morgan fingerprint density at radius 3 is 2.55 bits per heavy atom. The van der Waals surface area contributed by atoms with Crippen LogP contribution < -0.4 is 20.9 Å². The van der Waals surface area contributed by atoms with Crippen LogP contribution in [0.1, 0.15) is 47.6 Å². The van der Waals surface area contributed by atoms with E-state index >= 15 is 0 Å². The van der Waals surface area contributed by atoms with Crippen molar-refractivity contribution in [1.29, 1.82) is 0 Å². The van der Waals surface area contributed by atoms with E-state index in [1.807, 2.05) is 0 Å². The summed E-state index contributed by atoms with van der Waals surface area (Å²) in [6.07, 6.45) is -2.90. The van der Waals surface area contributed by atoms with Crippen LogP contribution in [-0.4, -0.2) is 57.7 Å². The molecule has 3 N–H and O–H groups in total. The summed E-state index contributed by atoms with van der Waals surface area (Å²) in [6, 6.07) is 4.94. The number of carbonyl (C=O) groups excluding carboxylic acids is 3. The summed E-state index contributed by atoms with van der Waals surface area (Å²) in [4.78, 5) is 56.4. The molecule has 2 bridgehead atoms. The number of aromatic hydroxyl groups is 1. The Labute approximate surface area is 214 Å². The van der Waals surface area contributed by atoms with Crippen molar-refractivity contribution in [1.82, 2.24) is 25.1 Å². The van der Waals surface area contributed by atoms with Gasteiger partial charge in [0.05, 0.1) is 5.54 Å². The number of halogens is 3. The lowest BCUT2D eigenvalue weighted by Crippen LogP contribution is -2.53. The Bertz CT molecular complexity index is 1330. The highest BCUT2D eigenvalue weighted by Crippen LogP contribution is 2.43. The molecular formula is C24H26F3N5O6. The molecule has 1 saturated carbocycles. The van der Waals surface area contributed by atoms with Gasteiger partial charge >= 0.3 is 18.2 Å². The Morgan fingerprint density at radius 2 is 1.92 bits per heavy atom. The van der Waals surface area contributed by atoms with E-state index in [1.165, 1.54) is 30.8 Å². The normalized spacial score (nSPS) is 20.2. The summed E-state index contributed by atoms with van der Waals surface area (Å²) in [5.74, 6) is -3.87. The zero-order valence-electron chi connectivity index (χ0n) is 20.6. The molecule has 2 aliphatic heterocycles. The van der Waals surface area contributed by atoms with Gasteiger partial charge in [0, 0.05) is 27.2 Å². The number of likely N-dealkylation sites (N-methyl/N-ethyl adjacent to an activating group) is 1. The number of alkyl halides is 3. The lowest BCUT2D eigenvalue weighted by atomic mass is 9.77. The third-order valence-electron chi connectivity index (χ3n) is 6.73. The monoisotopic (exact) mass is 537 g/mol. The Kier molecular flexibility index (Phi) is 7.08. The van der Waals surface area contributed by atoms with E-state index in [9.17, 15) is 37.5 Å². The van der Waals surface area contributed by atoms with E-state index in [4.69, 9.17) is 0 Å². The highest BCUT2D eigenvalue weighted by atomic mass is 19.4. The van der Waals surface area contributed by atoms with Gasteiger partial charge in [-0.25, -0.2) is 4.98 Å². The molecule has 0 radical (unpaired) electrons. The summed E-state index contributed by atoms with van der Waals surface area (Å²) >= 11 is 0. The fourth-order valence-electron chi connectivity index (χ4n) is 4.85. The van der Waals surface area contributed by atoms with Crippen LogP contribution in [0.5, 0.6) is 11.5 Å². The van der Waals surface area contributed by atoms with Gasteiger partial charge in [0.25, 0.3) is 11.5 Å². The molecule has 0 saturated heterocycles. The zero-order chi connectivity index (χ0) is 27.8. The fraction of sp³-hybridized carbons (Fsp3) is 0.458. The second-order valence-electron chi connectivity index (χ2n) is 9.61. The molecule has 1 aromatic carbocycles. The molecule has 11 nitrogen and oxygen atoms in total. The predicted molar refractivity (Wildman–Crippen MR) is 125 cm³/mol. The Balaban J connectivity index is 1.64. The fourth-order valence-corrected chi connectivity index (χ4v) is 4.85. The van der Waals surface area contributed by atoms with Gasteiger partial charge in [0.1, 0.15) is 11.6 Å². The minimum Gasteiger partial charge on any atom is -0.501 e. The lowest BCUT2D eigenvalue weighted by Gasteiger charge is -2.37. The van der Waals surface area contributed by atoms with Crippen LogP contribution in [-0.2, 0) is 28.2 Å². The molecule has 1 fully saturated rings. The van der Waals surface area contributed by atoms with Gasteiger partial charge < -0.3 is 25.4 Å². The van der Waals surface area contributed by atoms with Crippen molar-refractivity contribution < 1.29 is 37.4 Å². The number of carbonyl (C=O) groups is 3. The van der Waals surface area contributed by atoms with Gasteiger partial charge in [-0.05, 0) is 49.3 Å². The van der Waals surface area contributed by atoms with E-state index in [-0.39, 0.29) is 30.4 Å². The lowest BCUT2D eigenvalue weighted by molar-refractivity contribution is -0.274. The largest absolute Gasteiger partial charge is 0.573 e. The van der Waals surface area contributed by atoms with Crippen molar-refractivity contribution in [3.8, 4) is 11.5 Å². The van der Waals surface area contributed by atoms with E-state index < -0.39 is 52.4 Å². The summed E-state index contributed by atoms with van der Waals surface area (Å²) in [7, 11) is 2.84. The number of rotatable bonds is 5. The highest BCUT2D eigenvalue weighted by molar-refractivity contribution is 6.35. The summed E-state index contributed by atoms with van der Waals surface area (Å²) in [5, 5.41) is 15.7.